The van der Waals surface area contributed by atoms with Gasteiger partial charge >= 0.3 is 0 Å². The fraction of sp³-hybridized carbons (Fsp3) is 0.647. The summed E-state index contributed by atoms with van der Waals surface area (Å²) in [6, 6.07) is 6.70. The Morgan fingerprint density at radius 1 is 1.09 bits per heavy atom. The van der Waals surface area contributed by atoms with Gasteiger partial charge in [-0.15, -0.1) is 0 Å². The molecule has 2 rings (SSSR count). The van der Waals surface area contributed by atoms with Gasteiger partial charge in [-0.2, -0.15) is 4.31 Å². The standard InChI is InChI=1S/C17H28N2O3S/c1-4-22-16-5-7-17(8-6-16)23(20,21)19-13-11-18(12-14-19)10-9-15(2)3/h5-8,15H,4,9-14H2,1-3H3. The molecule has 1 aliphatic heterocycles. The molecule has 0 aliphatic carbocycles. The lowest BCUT2D eigenvalue weighted by atomic mass is 10.1. The van der Waals surface area contributed by atoms with Gasteiger partial charge in [0, 0.05) is 26.2 Å². The molecule has 0 unspecified atom stereocenters. The molecule has 6 heteroatoms. The topological polar surface area (TPSA) is 49.9 Å². The van der Waals surface area contributed by atoms with Gasteiger partial charge in [0.2, 0.25) is 10.0 Å². The fourth-order valence-electron chi connectivity index (χ4n) is 2.66. The first-order valence-corrected chi connectivity index (χ1v) is 9.83. The summed E-state index contributed by atoms with van der Waals surface area (Å²) in [4.78, 5) is 2.70. The lowest BCUT2D eigenvalue weighted by molar-refractivity contribution is 0.180. The third-order valence-electron chi connectivity index (χ3n) is 4.13. The van der Waals surface area contributed by atoms with Crippen molar-refractivity contribution in [3.8, 4) is 5.75 Å². The summed E-state index contributed by atoms with van der Waals surface area (Å²) < 4.78 is 32.3. The van der Waals surface area contributed by atoms with Crippen LogP contribution in [-0.2, 0) is 10.0 Å². The van der Waals surface area contributed by atoms with Gasteiger partial charge in [0.15, 0.2) is 0 Å². The van der Waals surface area contributed by atoms with Crippen LogP contribution in [-0.4, -0.2) is 57.0 Å². The summed E-state index contributed by atoms with van der Waals surface area (Å²) in [6.07, 6.45) is 1.16. The predicted octanol–water partition coefficient (Wildman–Crippen LogP) is 2.44. The zero-order chi connectivity index (χ0) is 16.9. The fourth-order valence-corrected chi connectivity index (χ4v) is 4.08. The van der Waals surface area contributed by atoms with Crippen molar-refractivity contribution in [3.05, 3.63) is 24.3 Å². The summed E-state index contributed by atoms with van der Waals surface area (Å²) in [5.74, 6) is 1.38. The van der Waals surface area contributed by atoms with Crippen LogP contribution < -0.4 is 4.74 Å². The van der Waals surface area contributed by atoms with Crippen molar-refractivity contribution in [3.63, 3.8) is 0 Å². The van der Waals surface area contributed by atoms with Crippen LogP contribution in [0.25, 0.3) is 0 Å². The molecule has 0 atom stereocenters. The van der Waals surface area contributed by atoms with Crippen molar-refractivity contribution < 1.29 is 13.2 Å². The smallest absolute Gasteiger partial charge is 0.243 e. The van der Waals surface area contributed by atoms with Crippen LogP contribution >= 0.6 is 0 Å². The normalized spacial score (nSPS) is 17.6. The number of hydrogen-bond acceptors (Lipinski definition) is 4. The molecule has 0 bridgehead atoms. The summed E-state index contributed by atoms with van der Waals surface area (Å²) in [6.45, 7) is 10.7. The van der Waals surface area contributed by atoms with E-state index in [4.69, 9.17) is 4.74 Å². The summed E-state index contributed by atoms with van der Waals surface area (Å²) in [7, 11) is -3.40. The Labute approximate surface area is 140 Å². The summed E-state index contributed by atoms with van der Waals surface area (Å²) in [5.41, 5.74) is 0. The molecule has 1 fully saturated rings. The van der Waals surface area contributed by atoms with E-state index >= 15 is 0 Å². The van der Waals surface area contributed by atoms with Crippen molar-refractivity contribution in [1.29, 1.82) is 0 Å². The quantitative estimate of drug-likeness (QED) is 0.765. The zero-order valence-corrected chi connectivity index (χ0v) is 15.2. The van der Waals surface area contributed by atoms with Crippen LogP contribution in [0.15, 0.2) is 29.2 Å². The second-order valence-electron chi connectivity index (χ2n) is 6.33. The van der Waals surface area contributed by atoms with Crippen molar-refractivity contribution in [2.24, 2.45) is 5.92 Å². The molecule has 23 heavy (non-hydrogen) atoms. The van der Waals surface area contributed by atoms with Crippen LogP contribution in [0.5, 0.6) is 5.75 Å². The van der Waals surface area contributed by atoms with Crippen LogP contribution in [0.4, 0.5) is 0 Å². The average molecular weight is 340 g/mol. The van der Waals surface area contributed by atoms with E-state index in [1.165, 1.54) is 0 Å². The largest absolute Gasteiger partial charge is 0.494 e. The number of piperazine rings is 1. The SMILES string of the molecule is CCOc1ccc(S(=O)(=O)N2CCN(CCC(C)C)CC2)cc1. The van der Waals surface area contributed by atoms with E-state index in [9.17, 15) is 8.42 Å². The van der Waals surface area contributed by atoms with Crippen LogP contribution in [0.1, 0.15) is 27.2 Å². The Balaban J connectivity index is 1.95. The first-order chi connectivity index (χ1) is 10.9. The number of sulfonamides is 1. The molecule has 1 heterocycles. The Kier molecular flexibility index (Phi) is 6.44. The van der Waals surface area contributed by atoms with E-state index in [2.05, 4.69) is 18.7 Å². The van der Waals surface area contributed by atoms with Gasteiger partial charge in [0.1, 0.15) is 5.75 Å². The highest BCUT2D eigenvalue weighted by atomic mass is 32.2. The van der Waals surface area contributed by atoms with Crippen molar-refractivity contribution >= 4 is 10.0 Å². The highest BCUT2D eigenvalue weighted by molar-refractivity contribution is 7.89. The van der Waals surface area contributed by atoms with E-state index < -0.39 is 10.0 Å². The van der Waals surface area contributed by atoms with E-state index in [-0.39, 0.29) is 0 Å². The van der Waals surface area contributed by atoms with Gasteiger partial charge in [-0.1, -0.05) is 13.8 Å². The molecule has 1 aliphatic rings. The second-order valence-corrected chi connectivity index (χ2v) is 8.27. The van der Waals surface area contributed by atoms with E-state index in [0.717, 1.165) is 26.1 Å². The maximum atomic E-state index is 12.7. The van der Waals surface area contributed by atoms with Crippen LogP contribution in [0.3, 0.4) is 0 Å². The van der Waals surface area contributed by atoms with Crippen molar-refractivity contribution in [2.75, 3.05) is 39.3 Å². The highest BCUT2D eigenvalue weighted by Crippen LogP contribution is 2.21. The second kappa shape index (κ2) is 8.13. The molecule has 1 aromatic carbocycles. The van der Waals surface area contributed by atoms with Crippen molar-refractivity contribution in [2.45, 2.75) is 32.1 Å². The minimum absolute atomic E-state index is 0.344. The highest BCUT2D eigenvalue weighted by Gasteiger charge is 2.28. The van der Waals surface area contributed by atoms with Crippen molar-refractivity contribution in [1.82, 2.24) is 9.21 Å². The van der Waals surface area contributed by atoms with E-state index in [0.29, 0.717) is 36.3 Å². The lowest BCUT2D eigenvalue weighted by Gasteiger charge is -2.34. The predicted molar refractivity (Wildman–Crippen MR) is 92.3 cm³/mol. The van der Waals surface area contributed by atoms with Crippen LogP contribution in [0, 0.1) is 5.92 Å². The Morgan fingerprint density at radius 3 is 2.22 bits per heavy atom. The van der Waals surface area contributed by atoms with Gasteiger partial charge in [0.25, 0.3) is 0 Å². The molecule has 0 saturated carbocycles. The Morgan fingerprint density at radius 2 is 1.70 bits per heavy atom. The molecular formula is C17H28N2O3S. The first-order valence-electron chi connectivity index (χ1n) is 8.39. The van der Waals surface area contributed by atoms with Gasteiger partial charge in [-0.3, -0.25) is 0 Å². The number of nitrogens with zero attached hydrogens (tertiary/aromatic N) is 2. The molecule has 0 N–H and O–H groups in total. The van der Waals surface area contributed by atoms with Gasteiger partial charge < -0.3 is 9.64 Å². The van der Waals surface area contributed by atoms with E-state index in [1.54, 1.807) is 28.6 Å². The van der Waals surface area contributed by atoms with Gasteiger partial charge in [-0.05, 0) is 50.1 Å². The number of ether oxygens (including phenoxy) is 1. The number of rotatable bonds is 7. The minimum atomic E-state index is -3.40. The monoisotopic (exact) mass is 340 g/mol. The summed E-state index contributed by atoms with van der Waals surface area (Å²) in [5, 5.41) is 0. The molecular weight excluding hydrogens is 312 g/mol. The third-order valence-corrected chi connectivity index (χ3v) is 6.04. The number of hydrogen-bond donors (Lipinski definition) is 0. The molecule has 0 radical (unpaired) electrons. The molecule has 0 spiro atoms. The zero-order valence-electron chi connectivity index (χ0n) is 14.4. The minimum Gasteiger partial charge on any atom is -0.494 e. The number of benzene rings is 1. The summed E-state index contributed by atoms with van der Waals surface area (Å²) >= 11 is 0. The molecule has 0 aromatic heterocycles. The van der Waals surface area contributed by atoms with Crippen LogP contribution in [0.2, 0.25) is 0 Å². The van der Waals surface area contributed by atoms with Gasteiger partial charge in [-0.25, -0.2) is 8.42 Å². The first kappa shape index (κ1) is 18.2. The maximum absolute atomic E-state index is 12.7. The molecule has 130 valence electrons. The Bertz CT molecular complexity index is 576. The molecule has 1 saturated heterocycles. The third kappa shape index (κ3) is 4.93. The Hall–Kier alpha value is -1.11. The average Bonchev–Trinajstić information content (AvgIpc) is 2.54. The molecule has 5 nitrogen and oxygen atoms in total. The lowest BCUT2D eigenvalue weighted by Crippen LogP contribution is -2.48. The molecule has 0 amide bonds. The molecule has 1 aromatic rings. The maximum Gasteiger partial charge on any atom is 0.243 e. The van der Waals surface area contributed by atoms with Gasteiger partial charge in [0.05, 0.1) is 11.5 Å². The van der Waals surface area contributed by atoms with E-state index in [1.807, 2.05) is 6.92 Å².